The Kier molecular flexibility index (Phi) is 4.22. The molecule has 2 aromatic heterocycles. The summed E-state index contributed by atoms with van der Waals surface area (Å²) >= 11 is 0. The van der Waals surface area contributed by atoms with E-state index in [4.69, 9.17) is 4.42 Å². The molecule has 0 atom stereocenters. The number of carbonyl (C=O) groups is 1. The molecule has 0 bridgehead atoms. The minimum Gasteiger partial charge on any atom is -0.416 e. The third-order valence-corrected chi connectivity index (χ3v) is 3.78. The number of hydrogen-bond donors (Lipinski definition) is 1. The summed E-state index contributed by atoms with van der Waals surface area (Å²) in [5.74, 6) is 0.704. The molecule has 26 heavy (non-hydrogen) atoms. The monoisotopic (exact) mass is 342 g/mol. The van der Waals surface area contributed by atoms with Crippen LogP contribution in [0.4, 0.5) is 5.69 Å². The van der Waals surface area contributed by atoms with Crippen molar-refractivity contribution in [2.45, 2.75) is 0 Å². The summed E-state index contributed by atoms with van der Waals surface area (Å²) in [5, 5.41) is 11.0. The molecule has 4 aromatic rings. The van der Waals surface area contributed by atoms with Crippen molar-refractivity contribution in [1.82, 2.24) is 15.2 Å². The summed E-state index contributed by atoms with van der Waals surface area (Å²) in [6, 6.07) is 20.1. The lowest BCUT2D eigenvalue weighted by molar-refractivity contribution is 0.102. The molecule has 0 unspecified atom stereocenters. The Bertz CT molecular complexity index is 1010. The number of aromatic nitrogens is 3. The topological polar surface area (TPSA) is 80.9 Å². The highest BCUT2D eigenvalue weighted by atomic mass is 16.4. The molecule has 1 N–H and O–H groups in total. The molecule has 0 aliphatic rings. The molecule has 0 saturated carbocycles. The maximum atomic E-state index is 12.1. The zero-order valence-electron chi connectivity index (χ0n) is 13.7. The summed E-state index contributed by atoms with van der Waals surface area (Å²) in [5.41, 5.74) is 2.88. The van der Waals surface area contributed by atoms with Crippen molar-refractivity contribution < 1.29 is 9.21 Å². The van der Waals surface area contributed by atoms with E-state index in [1.165, 1.54) is 0 Å². The highest BCUT2D eigenvalue weighted by Gasteiger charge is 2.11. The van der Waals surface area contributed by atoms with Crippen molar-refractivity contribution in [3.63, 3.8) is 0 Å². The van der Waals surface area contributed by atoms with E-state index in [0.29, 0.717) is 23.0 Å². The molecule has 0 aliphatic carbocycles. The fraction of sp³-hybridized carbons (Fsp3) is 0. The van der Waals surface area contributed by atoms with Crippen molar-refractivity contribution in [3.8, 4) is 22.9 Å². The van der Waals surface area contributed by atoms with Gasteiger partial charge in [0, 0.05) is 34.8 Å². The van der Waals surface area contributed by atoms with Crippen molar-refractivity contribution in [2.75, 3.05) is 5.32 Å². The molecule has 2 aromatic carbocycles. The largest absolute Gasteiger partial charge is 0.416 e. The zero-order chi connectivity index (χ0) is 17.8. The molecule has 0 saturated heterocycles. The average Bonchev–Trinajstić information content (AvgIpc) is 3.20. The number of rotatable bonds is 4. The van der Waals surface area contributed by atoms with E-state index in [1.807, 2.05) is 42.5 Å². The minimum atomic E-state index is -0.190. The first-order valence-corrected chi connectivity index (χ1v) is 8.00. The van der Waals surface area contributed by atoms with Crippen LogP contribution in [0, 0.1) is 0 Å². The van der Waals surface area contributed by atoms with E-state index in [0.717, 1.165) is 11.1 Å². The lowest BCUT2D eigenvalue weighted by Crippen LogP contribution is -2.11. The van der Waals surface area contributed by atoms with Gasteiger partial charge in [-0.1, -0.05) is 18.2 Å². The molecular formula is C20H14N4O2. The van der Waals surface area contributed by atoms with Crippen LogP contribution in [0.1, 0.15) is 10.4 Å². The number of amides is 1. The maximum absolute atomic E-state index is 12.1. The van der Waals surface area contributed by atoms with Crippen molar-refractivity contribution in [3.05, 3.63) is 84.7 Å². The summed E-state index contributed by atoms with van der Waals surface area (Å²) in [4.78, 5) is 16.1. The van der Waals surface area contributed by atoms with Gasteiger partial charge in [-0.2, -0.15) is 0 Å². The Morgan fingerprint density at radius 2 is 1.38 bits per heavy atom. The van der Waals surface area contributed by atoms with E-state index in [1.54, 1.807) is 36.7 Å². The minimum absolute atomic E-state index is 0.190. The van der Waals surface area contributed by atoms with E-state index < -0.39 is 0 Å². The second-order valence-corrected chi connectivity index (χ2v) is 5.55. The smallest absolute Gasteiger partial charge is 0.255 e. The Morgan fingerprint density at radius 3 is 2.04 bits per heavy atom. The van der Waals surface area contributed by atoms with E-state index >= 15 is 0 Å². The van der Waals surface area contributed by atoms with Gasteiger partial charge in [0.25, 0.3) is 5.91 Å². The van der Waals surface area contributed by atoms with Gasteiger partial charge in [-0.25, -0.2) is 0 Å². The summed E-state index contributed by atoms with van der Waals surface area (Å²) in [6.45, 7) is 0. The molecule has 1 amide bonds. The predicted octanol–water partition coefficient (Wildman–Crippen LogP) is 4.05. The van der Waals surface area contributed by atoms with Crippen LogP contribution in [0.5, 0.6) is 0 Å². The number of carbonyl (C=O) groups excluding carboxylic acids is 1. The Morgan fingerprint density at radius 1 is 0.769 bits per heavy atom. The van der Waals surface area contributed by atoms with Crippen LogP contribution in [-0.2, 0) is 0 Å². The Balaban J connectivity index is 1.50. The molecular weight excluding hydrogens is 328 g/mol. The maximum Gasteiger partial charge on any atom is 0.255 e. The molecule has 4 rings (SSSR count). The van der Waals surface area contributed by atoms with E-state index in [2.05, 4.69) is 20.5 Å². The third kappa shape index (κ3) is 3.34. The van der Waals surface area contributed by atoms with Crippen molar-refractivity contribution >= 4 is 11.6 Å². The second-order valence-electron chi connectivity index (χ2n) is 5.55. The number of nitrogens with zero attached hydrogens (tertiary/aromatic N) is 3. The molecule has 0 fully saturated rings. The van der Waals surface area contributed by atoms with Crippen LogP contribution < -0.4 is 5.32 Å². The Hall–Kier alpha value is -3.80. The lowest BCUT2D eigenvalue weighted by atomic mass is 10.2. The first-order valence-electron chi connectivity index (χ1n) is 8.00. The van der Waals surface area contributed by atoms with Crippen molar-refractivity contribution in [2.24, 2.45) is 0 Å². The van der Waals surface area contributed by atoms with Gasteiger partial charge in [-0.15, -0.1) is 10.2 Å². The predicted molar refractivity (Wildman–Crippen MR) is 97.4 cm³/mol. The van der Waals surface area contributed by atoms with Crippen LogP contribution >= 0.6 is 0 Å². The van der Waals surface area contributed by atoms with Gasteiger partial charge in [0.05, 0.1) is 0 Å². The van der Waals surface area contributed by atoms with E-state index in [9.17, 15) is 4.79 Å². The van der Waals surface area contributed by atoms with E-state index in [-0.39, 0.29) is 5.91 Å². The van der Waals surface area contributed by atoms with Gasteiger partial charge in [0.1, 0.15) is 0 Å². The lowest BCUT2D eigenvalue weighted by Gasteiger charge is -2.05. The van der Waals surface area contributed by atoms with Gasteiger partial charge in [0.15, 0.2) is 0 Å². The fourth-order valence-corrected chi connectivity index (χ4v) is 2.44. The normalized spacial score (nSPS) is 10.5. The van der Waals surface area contributed by atoms with Gasteiger partial charge < -0.3 is 9.73 Å². The average molecular weight is 342 g/mol. The summed E-state index contributed by atoms with van der Waals surface area (Å²) < 4.78 is 5.73. The highest BCUT2D eigenvalue weighted by Crippen LogP contribution is 2.24. The van der Waals surface area contributed by atoms with Gasteiger partial charge in [-0.3, -0.25) is 9.78 Å². The zero-order valence-corrected chi connectivity index (χ0v) is 13.7. The molecule has 0 spiro atoms. The molecule has 6 heteroatoms. The third-order valence-electron chi connectivity index (χ3n) is 3.78. The van der Waals surface area contributed by atoms with Crippen LogP contribution in [0.15, 0.2) is 83.5 Å². The summed E-state index contributed by atoms with van der Waals surface area (Å²) in [6.07, 6.45) is 3.16. The molecule has 0 radical (unpaired) electrons. The highest BCUT2D eigenvalue weighted by molar-refractivity contribution is 6.04. The number of hydrogen-bond acceptors (Lipinski definition) is 5. The molecule has 126 valence electrons. The van der Waals surface area contributed by atoms with Crippen LogP contribution in [0.2, 0.25) is 0 Å². The first kappa shape index (κ1) is 15.7. The van der Waals surface area contributed by atoms with Crippen LogP contribution in [0.25, 0.3) is 22.9 Å². The van der Waals surface area contributed by atoms with Gasteiger partial charge >= 0.3 is 0 Å². The summed E-state index contributed by atoms with van der Waals surface area (Å²) in [7, 11) is 0. The van der Waals surface area contributed by atoms with Crippen molar-refractivity contribution in [1.29, 1.82) is 0 Å². The molecule has 0 aliphatic heterocycles. The van der Waals surface area contributed by atoms with Gasteiger partial charge in [-0.05, 0) is 48.5 Å². The number of benzene rings is 2. The fourth-order valence-electron chi connectivity index (χ4n) is 2.44. The van der Waals surface area contributed by atoms with Crippen LogP contribution in [-0.4, -0.2) is 21.1 Å². The van der Waals surface area contributed by atoms with Gasteiger partial charge in [0.2, 0.25) is 11.8 Å². The number of pyridine rings is 1. The first-order chi connectivity index (χ1) is 12.8. The Labute approximate surface area is 149 Å². The second kappa shape index (κ2) is 6.98. The SMILES string of the molecule is O=C(Nc1ccc(-c2nnc(-c3ccccc3)o2)cc1)c1ccncc1. The van der Waals surface area contributed by atoms with Crippen LogP contribution in [0.3, 0.4) is 0 Å². The number of nitrogens with one attached hydrogen (secondary N) is 1. The number of anilines is 1. The molecule has 6 nitrogen and oxygen atoms in total. The molecule has 2 heterocycles. The standard InChI is InChI=1S/C20H14N4O2/c25-18(14-10-12-21-13-11-14)22-17-8-6-16(7-9-17)20-24-23-19(26-20)15-4-2-1-3-5-15/h1-13H,(H,22,25). The quantitative estimate of drug-likeness (QED) is 0.605.